The van der Waals surface area contributed by atoms with Gasteiger partial charge in [0.1, 0.15) is 6.26 Å². The summed E-state index contributed by atoms with van der Waals surface area (Å²) in [5.74, 6) is 0. The molecule has 0 bridgehead atoms. The second kappa shape index (κ2) is 6.19. The van der Waals surface area contributed by atoms with Gasteiger partial charge in [-0.05, 0) is 6.07 Å². The molecule has 1 rings (SSSR count). The third-order valence-corrected chi connectivity index (χ3v) is 0.347. The van der Waals surface area contributed by atoms with Crippen LogP contribution in [-0.4, -0.2) is 22.9 Å². The van der Waals surface area contributed by atoms with Crippen molar-refractivity contribution in [2.45, 2.75) is 0 Å². The maximum Gasteiger partial charge on any atom is 0.482 e. The van der Waals surface area contributed by atoms with E-state index in [1.54, 1.807) is 12.3 Å². The summed E-state index contributed by atoms with van der Waals surface area (Å²) < 4.78 is 4.33. The lowest BCUT2D eigenvalue weighted by molar-refractivity contribution is 0.420. The summed E-state index contributed by atoms with van der Waals surface area (Å²) in [6.07, 6.45) is 3.10. The smallest absolute Gasteiger partial charge is 0.429 e. The minimum atomic E-state index is 0. The molecule has 0 aromatic carbocycles. The highest BCUT2D eigenvalue weighted by atomic mass is 16.5. The Balaban J connectivity index is 0.000000145. The van der Waals surface area contributed by atoms with Crippen molar-refractivity contribution in [2.24, 2.45) is 0 Å². The van der Waals surface area contributed by atoms with Crippen molar-refractivity contribution in [2.75, 3.05) is 0 Å². The molecule has 0 amide bonds. The highest BCUT2D eigenvalue weighted by Crippen LogP contribution is 1.72. The summed E-state index contributed by atoms with van der Waals surface area (Å²) in [6, 6.07) is 1.72. The monoisotopic (exact) mass is 114 g/mol. The summed E-state index contributed by atoms with van der Waals surface area (Å²) in [4.78, 5) is 0. The van der Waals surface area contributed by atoms with Crippen molar-refractivity contribution >= 4 is 7.69 Å². The van der Waals surface area contributed by atoms with Crippen LogP contribution >= 0.6 is 0 Å². The fraction of sp³-hybridized carbons (Fsp3) is 0. The van der Waals surface area contributed by atoms with Crippen LogP contribution in [0.4, 0.5) is 0 Å². The van der Waals surface area contributed by atoms with Crippen molar-refractivity contribution in [1.82, 2.24) is 5.16 Å². The lowest BCUT2D eigenvalue weighted by Crippen LogP contribution is -1.75. The van der Waals surface area contributed by atoms with Gasteiger partial charge in [-0.3, -0.25) is 0 Å². The summed E-state index contributed by atoms with van der Waals surface area (Å²) in [7, 11) is 0. The molecule has 0 aliphatic carbocycles. The van der Waals surface area contributed by atoms with E-state index in [9.17, 15) is 0 Å². The zero-order valence-electron chi connectivity index (χ0n) is 4.06. The van der Waals surface area contributed by atoms with Crippen LogP contribution in [0.5, 0.6) is 0 Å². The van der Waals surface area contributed by atoms with Crippen LogP contribution in [0.25, 0.3) is 0 Å². The van der Waals surface area contributed by atoms with Crippen LogP contribution in [0, 0.1) is 0 Å². The first-order chi connectivity index (χ1) is 3.91. The van der Waals surface area contributed by atoms with Crippen LogP contribution in [-0.2, 0) is 0 Å². The average Bonchev–Trinajstić information content (AvgIpc) is 2.17. The maximum atomic E-state index is 7.00. The van der Waals surface area contributed by atoms with E-state index < -0.39 is 0 Å². The average molecular weight is 114 g/mol. The van der Waals surface area contributed by atoms with Gasteiger partial charge in [0.25, 0.3) is 0 Å². The second-order valence-corrected chi connectivity index (χ2v) is 0.804. The molecule has 5 heteroatoms. The topological polar surface area (TPSA) is 66.5 Å². The molecule has 0 atom stereocenters. The van der Waals surface area contributed by atoms with Crippen molar-refractivity contribution in [1.29, 1.82) is 0 Å². The molecule has 1 heterocycles. The lowest BCUT2D eigenvalue weighted by atomic mass is 10.5. The van der Waals surface area contributed by atoms with E-state index in [1.165, 1.54) is 6.26 Å². The Morgan fingerprint density at radius 2 is 2.12 bits per heavy atom. The molecule has 1 aromatic rings. The predicted molar refractivity (Wildman–Crippen MR) is 26.7 cm³/mol. The summed E-state index contributed by atoms with van der Waals surface area (Å²) in [5, 5.41) is 17.3. The molecule has 1 aromatic heterocycles. The fourth-order valence-corrected chi connectivity index (χ4v) is 0.176. The van der Waals surface area contributed by atoms with Crippen LogP contribution in [0.2, 0.25) is 0 Å². The molecular formula is C3H5BNO3. The third-order valence-electron chi connectivity index (χ3n) is 0.347. The van der Waals surface area contributed by atoms with Crippen LogP contribution in [0.15, 0.2) is 23.0 Å². The Morgan fingerprint density at radius 3 is 2.25 bits per heavy atom. The second-order valence-electron chi connectivity index (χ2n) is 0.804. The molecule has 0 fully saturated rings. The third kappa shape index (κ3) is 5.19. The fourth-order valence-electron chi connectivity index (χ4n) is 0.176. The molecule has 0 spiro atoms. The van der Waals surface area contributed by atoms with Gasteiger partial charge < -0.3 is 14.6 Å². The highest BCUT2D eigenvalue weighted by Gasteiger charge is 1.60. The molecule has 1 radical (unpaired) electrons. The first kappa shape index (κ1) is 7.19. The molecule has 0 aliphatic heterocycles. The normalized spacial score (nSPS) is 6.75. The van der Waals surface area contributed by atoms with E-state index in [2.05, 4.69) is 9.68 Å². The molecule has 8 heavy (non-hydrogen) atoms. The Morgan fingerprint density at radius 1 is 1.50 bits per heavy atom. The number of hydrogen-bond donors (Lipinski definition) is 2. The van der Waals surface area contributed by atoms with E-state index in [0.717, 1.165) is 0 Å². The Labute approximate surface area is 47.0 Å². The Hall–Kier alpha value is -0.805. The molecular weight excluding hydrogens is 109 g/mol. The van der Waals surface area contributed by atoms with Gasteiger partial charge in [-0.25, -0.2) is 0 Å². The van der Waals surface area contributed by atoms with Crippen molar-refractivity contribution in [3.63, 3.8) is 0 Å². The van der Waals surface area contributed by atoms with Gasteiger partial charge in [0.05, 0.1) is 6.20 Å². The van der Waals surface area contributed by atoms with Gasteiger partial charge in [0.2, 0.25) is 0 Å². The zero-order chi connectivity index (χ0) is 6.24. The summed E-state index contributed by atoms with van der Waals surface area (Å²) in [5.41, 5.74) is 0. The molecule has 0 aliphatic rings. The SMILES string of the molecule is O[B]O.c1cnoc1. The summed E-state index contributed by atoms with van der Waals surface area (Å²) in [6.45, 7) is 0. The Bertz CT molecular complexity index is 81.4. The summed E-state index contributed by atoms with van der Waals surface area (Å²) >= 11 is 0. The van der Waals surface area contributed by atoms with E-state index in [1.807, 2.05) is 0 Å². The first-order valence-electron chi connectivity index (χ1n) is 1.86. The minimum Gasteiger partial charge on any atom is -0.429 e. The van der Waals surface area contributed by atoms with Crippen molar-refractivity contribution in [3.8, 4) is 0 Å². The van der Waals surface area contributed by atoms with E-state index in [-0.39, 0.29) is 7.69 Å². The van der Waals surface area contributed by atoms with Gasteiger partial charge in [0.15, 0.2) is 0 Å². The van der Waals surface area contributed by atoms with Gasteiger partial charge in [-0.1, -0.05) is 5.16 Å². The van der Waals surface area contributed by atoms with E-state index in [4.69, 9.17) is 10.0 Å². The quantitative estimate of drug-likeness (QED) is 0.432. The molecule has 2 N–H and O–H groups in total. The maximum absolute atomic E-state index is 7.00. The number of hydrogen-bond acceptors (Lipinski definition) is 4. The van der Waals surface area contributed by atoms with Gasteiger partial charge in [-0.15, -0.1) is 0 Å². The minimum absolute atomic E-state index is 0. The van der Waals surface area contributed by atoms with Gasteiger partial charge in [0, 0.05) is 0 Å². The van der Waals surface area contributed by atoms with E-state index >= 15 is 0 Å². The van der Waals surface area contributed by atoms with Crippen molar-refractivity contribution < 1.29 is 14.6 Å². The van der Waals surface area contributed by atoms with Crippen molar-refractivity contribution in [3.05, 3.63) is 18.5 Å². The van der Waals surface area contributed by atoms with Crippen LogP contribution in [0.3, 0.4) is 0 Å². The van der Waals surface area contributed by atoms with Crippen LogP contribution < -0.4 is 0 Å². The number of aromatic nitrogens is 1. The zero-order valence-corrected chi connectivity index (χ0v) is 4.06. The predicted octanol–water partition coefficient (Wildman–Crippen LogP) is -0.820. The highest BCUT2D eigenvalue weighted by molar-refractivity contribution is 6.13. The molecule has 43 valence electrons. The number of nitrogens with zero attached hydrogens (tertiary/aromatic N) is 1. The van der Waals surface area contributed by atoms with Gasteiger partial charge in [-0.2, -0.15) is 0 Å². The standard InChI is InChI=1S/C3H3NO.BH2O2/c1-2-4-5-3-1;2-1-3/h1-3H;2-3H. The lowest BCUT2D eigenvalue weighted by Gasteiger charge is -1.48. The number of rotatable bonds is 0. The molecule has 0 saturated carbocycles. The molecule has 4 nitrogen and oxygen atoms in total. The van der Waals surface area contributed by atoms with E-state index in [0.29, 0.717) is 0 Å². The largest absolute Gasteiger partial charge is 0.482 e. The first-order valence-corrected chi connectivity index (χ1v) is 1.86. The molecule has 0 unspecified atom stereocenters. The van der Waals surface area contributed by atoms with Gasteiger partial charge >= 0.3 is 7.69 Å². The van der Waals surface area contributed by atoms with Crippen LogP contribution in [0.1, 0.15) is 0 Å². The molecule has 0 saturated heterocycles. The Kier molecular flexibility index (Phi) is 5.57.